The zero-order valence-electron chi connectivity index (χ0n) is 14.0. The van der Waals surface area contributed by atoms with Crippen molar-refractivity contribution in [2.45, 2.75) is 33.2 Å². The number of ketones is 1. The first-order chi connectivity index (χ1) is 11.4. The summed E-state index contributed by atoms with van der Waals surface area (Å²) in [5, 5.41) is 9.00. The molecule has 0 atom stereocenters. The van der Waals surface area contributed by atoms with Gasteiger partial charge < -0.3 is 4.57 Å². The van der Waals surface area contributed by atoms with Gasteiger partial charge in [0, 0.05) is 18.8 Å². The van der Waals surface area contributed by atoms with E-state index in [1.807, 2.05) is 32.0 Å². The Bertz CT molecular complexity index is 945. The maximum absolute atomic E-state index is 12.7. The van der Waals surface area contributed by atoms with E-state index in [9.17, 15) is 14.4 Å². The van der Waals surface area contributed by atoms with Gasteiger partial charge in [-0.05, 0) is 30.0 Å². The average Bonchev–Trinajstić information content (AvgIpc) is 2.60. The predicted molar refractivity (Wildman–Crippen MR) is 90.2 cm³/mol. The molecule has 1 aromatic carbocycles. The third-order valence-corrected chi connectivity index (χ3v) is 4.02. The van der Waals surface area contributed by atoms with Crippen LogP contribution in [0.25, 0.3) is 0 Å². The van der Waals surface area contributed by atoms with Crippen LogP contribution in [0.15, 0.2) is 34.0 Å². The van der Waals surface area contributed by atoms with Crippen LogP contribution in [0.3, 0.4) is 0 Å². The van der Waals surface area contributed by atoms with Crippen LogP contribution in [0.1, 0.15) is 40.9 Å². The SMILES string of the molecule is CCc1ccc(CC)c(C(=O)Cn2c(=O)c(C#N)cn(C)c2=O)c1. The van der Waals surface area contributed by atoms with E-state index in [0.29, 0.717) is 12.0 Å². The van der Waals surface area contributed by atoms with Gasteiger partial charge in [0.2, 0.25) is 0 Å². The number of hydrogen-bond donors (Lipinski definition) is 0. The molecule has 0 spiro atoms. The highest BCUT2D eigenvalue weighted by Crippen LogP contribution is 2.15. The molecule has 2 rings (SSSR count). The zero-order valence-corrected chi connectivity index (χ0v) is 14.0. The fraction of sp³-hybridized carbons (Fsp3) is 0.333. The summed E-state index contributed by atoms with van der Waals surface area (Å²) in [6.07, 6.45) is 2.65. The van der Waals surface area contributed by atoms with Crippen molar-refractivity contribution in [3.8, 4) is 6.07 Å². The largest absolute Gasteiger partial charge is 0.331 e. The molecule has 0 aliphatic rings. The third-order valence-electron chi connectivity index (χ3n) is 4.02. The van der Waals surface area contributed by atoms with Gasteiger partial charge in [0.05, 0.1) is 6.54 Å². The molecule has 0 aliphatic carbocycles. The van der Waals surface area contributed by atoms with Crippen LogP contribution in [0, 0.1) is 11.3 Å². The summed E-state index contributed by atoms with van der Waals surface area (Å²) in [6, 6.07) is 7.43. The number of benzene rings is 1. The van der Waals surface area contributed by atoms with Gasteiger partial charge in [-0.15, -0.1) is 0 Å². The van der Waals surface area contributed by atoms with Crippen LogP contribution < -0.4 is 11.2 Å². The second-order valence-electron chi connectivity index (χ2n) is 5.56. The van der Waals surface area contributed by atoms with Crippen molar-refractivity contribution in [2.24, 2.45) is 7.05 Å². The lowest BCUT2D eigenvalue weighted by Gasteiger charge is -2.11. The van der Waals surface area contributed by atoms with Crippen molar-refractivity contribution >= 4 is 5.78 Å². The minimum Gasteiger partial charge on any atom is -0.302 e. The Morgan fingerprint density at radius 1 is 1.21 bits per heavy atom. The van der Waals surface area contributed by atoms with Gasteiger partial charge in [0.25, 0.3) is 5.56 Å². The number of hydrogen-bond acceptors (Lipinski definition) is 4. The lowest BCUT2D eigenvalue weighted by atomic mass is 9.97. The van der Waals surface area contributed by atoms with Gasteiger partial charge in [-0.25, -0.2) is 4.79 Å². The minimum atomic E-state index is -0.737. The number of nitriles is 1. The van der Waals surface area contributed by atoms with E-state index in [0.717, 1.165) is 26.7 Å². The molecule has 0 radical (unpaired) electrons. The number of aryl methyl sites for hydroxylation is 3. The van der Waals surface area contributed by atoms with Gasteiger partial charge in [-0.3, -0.25) is 14.2 Å². The maximum atomic E-state index is 12.7. The van der Waals surface area contributed by atoms with Crippen molar-refractivity contribution in [3.63, 3.8) is 0 Å². The fourth-order valence-corrected chi connectivity index (χ4v) is 2.58. The van der Waals surface area contributed by atoms with E-state index in [2.05, 4.69) is 0 Å². The third kappa shape index (κ3) is 3.20. The average molecular weight is 325 g/mol. The molecule has 0 amide bonds. The molecular formula is C18H19N3O3. The summed E-state index contributed by atoms with van der Waals surface area (Å²) in [7, 11) is 1.44. The number of nitrogens with zero attached hydrogens (tertiary/aromatic N) is 3. The van der Waals surface area contributed by atoms with Gasteiger partial charge in [-0.1, -0.05) is 26.0 Å². The Morgan fingerprint density at radius 2 is 1.92 bits per heavy atom. The van der Waals surface area contributed by atoms with Crippen molar-refractivity contribution in [2.75, 3.05) is 0 Å². The summed E-state index contributed by atoms with van der Waals surface area (Å²) in [6.45, 7) is 3.56. The number of Topliss-reactive ketones (excluding diaryl/α,β-unsaturated/α-hetero) is 1. The van der Waals surface area contributed by atoms with Crippen molar-refractivity contribution < 1.29 is 4.79 Å². The van der Waals surface area contributed by atoms with Crippen LogP contribution in [0.5, 0.6) is 0 Å². The van der Waals surface area contributed by atoms with E-state index in [1.54, 1.807) is 6.07 Å². The van der Waals surface area contributed by atoms with Crippen LogP contribution in [-0.4, -0.2) is 14.9 Å². The van der Waals surface area contributed by atoms with Crippen molar-refractivity contribution in [1.29, 1.82) is 5.26 Å². The molecule has 0 fully saturated rings. The molecule has 0 saturated carbocycles. The second kappa shape index (κ2) is 7.09. The van der Waals surface area contributed by atoms with Crippen LogP contribution in [0.2, 0.25) is 0 Å². The molecule has 1 heterocycles. The van der Waals surface area contributed by atoms with Crippen LogP contribution in [-0.2, 0) is 26.4 Å². The highest BCUT2D eigenvalue weighted by atomic mass is 16.2. The monoisotopic (exact) mass is 325 g/mol. The number of rotatable bonds is 5. The summed E-state index contributed by atoms with van der Waals surface area (Å²) in [5.74, 6) is -0.309. The maximum Gasteiger partial charge on any atom is 0.331 e. The van der Waals surface area contributed by atoms with Crippen molar-refractivity contribution in [1.82, 2.24) is 9.13 Å². The molecule has 0 bridgehead atoms. The zero-order chi connectivity index (χ0) is 17.9. The first kappa shape index (κ1) is 17.4. The highest BCUT2D eigenvalue weighted by molar-refractivity contribution is 5.97. The van der Waals surface area contributed by atoms with E-state index in [4.69, 9.17) is 5.26 Å². The first-order valence-electron chi connectivity index (χ1n) is 7.78. The van der Waals surface area contributed by atoms with E-state index in [1.165, 1.54) is 13.2 Å². The summed E-state index contributed by atoms with van der Waals surface area (Å²) in [5.41, 5.74) is 0.895. The smallest absolute Gasteiger partial charge is 0.302 e. The lowest BCUT2D eigenvalue weighted by Crippen LogP contribution is -2.41. The molecule has 6 nitrogen and oxygen atoms in total. The standard InChI is InChI=1S/C18H19N3O3/c1-4-12-6-7-13(5-2)15(8-12)16(22)11-21-17(23)14(9-19)10-20(3)18(21)24/h6-8,10H,4-5,11H2,1-3H3. The highest BCUT2D eigenvalue weighted by Gasteiger charge is 2.16. The molecule has 0 saturated heterocycles. The number of aromatic nitrogens is 2. The molecular weight excluding hydrogens is 306 g/mol. The molecule has 24 heavy (non-hydrogen) atoms. The molecule has 6 heteroatoms. The van der Waals surface area contributed by atoms with E-state index in [-0.39, 0.29) is 17.9 Å². The molecule has 1 aromatic heterocycles. The molecule has 0 N–H and O–H groups in total. The van der Waals surface area contributed by atoms with Crippen LogP contribution in [0.4, 0.5) is 0 Å². The van der Waals surface area contributed by atoms with Gasteiger partial charge in [0.1, 0.15) is 11.6 Å². The lowest BCUT2D eigenvalue weighted by molar-refractivity contribution is 0.0967. The Balaban J connectivity index is 2.52. The molecule has 0 aliphatic heterocycles. The summed E-state index contributed by atoms with van der Waals surface area (Å²) >= 11 is 0. The topological polar surface area (TPSA) is 84.9 Å². The van der Waals surface area contributed by atoms with E-state index < -0.39 is 11.2 Å². The van der Waals surface area contributed by atoms with Crippen molar-refractivity contribution in [3.05, 3.63) is 67.5 Å². The van der Waals surface area contributed by atoms with E-state index >= 15 is 0 Å². The number of carbonyl (C=O) groups excluding carboxylic acids is 1. The minimum absolute atomic E-state index is 0.164. The first-order valence-corrected chi connectivity index (χ1v) is 7.78. The molecule has 124 valence electrons. The molecule has 2 aromatic rings. The second-order valence-corrected chi connectivity index (χ2v) is 5.56. The van der Waals surface area contributed by atoms with Crippen LogP contribution >= 0.6 is 0 Å². The Hall–Kier alpha value is -2.94. The van der Waals surface area contributed by atoms with Gasteiger partial charge in [0.15, 0.2) is 5.78 Å². The quantitative estimate of drug-likeness (QED) is 0.778. The van der Waals surface area contributed by atoms with Gasteiger partial charge in [-0.2, -0.15) is 5.26 Å². The molecule has 0 unspecified atom stereocenters. The summed E-state index contributed by atoms with van der Waals surface area (Å²) in [4.78, 5) is 37.0. The Kier molecular flexibility index (Phi) is 5.14. The Morgan fingerprint density at radius 3 is 2.50 bits per heavy atom. The predicted octanol–water partition coefficient (Wildman–Crippen LogP) is 1.43. The summed E-state index contributed by atoms with van der Waals surface area (Å²) < 4.78 is 1.95. The normalized spacial score (nSPS) is 10.4. The number of carbonyl (C=O) groups is 1. The van der Waals surface area contributed by atoms with Gasteiger partial charge >= 0.3 is 5.69 Å². The Labute approximate surface area is 139 Å². The fourth-order valence-electron chi connectivity index (χ4n) is 2.58.